The first kappa shape index (κ1) is 18.2. The lowest BCUT2D eigenvalue weighted by atomic mass is 10.2. The second kappa shape index (κ2) is 7.12. The average molecular weight is 394 g/mol. The number of aromatic amines is 1. The largest absolute Gasteiger partial charge is 0.349 e. The molecule has 0 aliphatic carbocycles. The fraction of sp³-hybridized carbons (Fsp3) is 0.200. The summed E-state index contributed by atoms with van der Waals surface area (Å²) in [6.45, 7) is 4.16. The Bertz CT molecular complexity index is 1240. The number of nitrogens with one attached hydrogen (secondary N) is 1. The molecule has 2 aromatic heterocycles. The number of H-pyrrole nitrogens is 1. The number of hydrogen-bond donors (Lipinski definition) is 1. The summed E-state index contributed by atoms with van der Waals surface area (Å²) in [5.74, 6) is 0. The Morgan fingerprint density at radius 2 is 1.93 bits per heavy atom. The molecule has 0 saturated heterocycles. The Labute approximate surface area is 164 Å². The molecule has 7 nitrogen and oxygen atoms in total. The number of thioether (sulfide) groups is 1. The van der Waals surface area contributed by atoms with E-state index in [1.165, 1.54) is 28.5 Å². The number of nitro groups is 1. The number of benzene rings is 2. The summed E-state index contributed by atoms with van der Waals surface area (Å²) >= 11 is 1.52. The highest BCUT2D eigenvalue weighted by atomic mass is 32.2. The Balaban J connectivity index is 2.00. The van der Waals surface area contributed by atoms with Crippen molar-refractivity contribution in [3.05, 3.63) is 69.0 Å². The molecular formula is C20H18N4O3S. The first-order valence-corrected chi connectivity index (χ1v) is 9.82. The fourth-order valence-electron chi connectivity index (χ4n) is 3.04. The number of para-hydroxylation sites is 1. The third-order valence-corrected chi connectivity index (χ3v) is 5.91. The summed E-state index contributed by atoms with van der Waals surface area (Å²) in [5, 5.41) is 12.7. The maximum Gasteiger partial charge on any atom is 0.283 e. The van der Waals surface area contributed by atoms with E-state index in [1.807, 2.05) is 24.3 Å². The smallest absolute Gasteiger partial charge is 0.283 e. The normalized spacial score (nSPS) is 12.5. The van der Waals surface area contributed by atoms with E-state index in [4.69, 9.17) is 4.98 Å². The molecule has 0 unspecified atom stereocenters. The monoisotopic (exact) mass is 394 g/mol. The zero-order valence-electron chi connectivity index (χ0n) is 15.4. The van der Waals surface area contributed by atoms with Crippen molar-refractivity contribution in [3.8, 4) is 5.69 Å². The van der Waals surface area contributed by atoms with Crippen molar-refractivity contribution in [2.45, 2.75) is 30.7 Å². The second-order valence-corrected chi connectivity index (χ2v) is 7.94. The summed E-state index contributed by atoms with van der Waals surface area (Å²) in [5.41, 5.74) is 2.23. The van der Waals surface area contributed by atoms with Gasteiger partial charge in [-0.3, -0.25) is 19.5 Å². The van der Waals surface area contributed by atoms with Crippen molar-refractivity contribution in [2.24, 2.45) is 0 Å². The number of non-ortho nitro benzene ring substituents is 1. The molecule has 0 aliphatic rings. The van der Waals surface area contributed by atoms with Crippen LogP contribution in [0.5, 0.6) is 0 Å². The van der Waals surface area contributed by atoms with Gasteiger partial charge >= 0.3 is 0 Å². The Hall–Kier alpha value is -3.13. The lowest BCUT2D eigenvalue weighted by molar-refractivity contribution is -0.384. The highest BCUT2D eigenvalue weighted by Crippen LogP contribution is 2.29. The minimum absolute atomic E-state index is 0.0208. The predicted molar refractivity (Wildman–Crippen MR) is 111 cm³/mol. The van der Waals surface area contributed by atoms with Crippen LogP contribution in [0.3, 0.4) is 0 Å². The molecule has 8 heteroatoms. The molecule has 4 aromatic rings. The van der Waals surface area contributed by atoms with Crippen LogP contribution < -0.4 is 5.56 Å². The van der Waals surface area contributed by atoms with Crippen LogP contribution in [0.1, 0.15) is 20.3 Å². The summed E-state index contributed by atoms with van der Waals surface area (Å²) in [7, 11) is 0. The van der Waals surface area contributed by atoms with E-state index in [1.54, 1.807) is 12.1 Å². The van der Waals surface area contributed by atoms with Gasteiger partial charge in [0.1, 0.15) is 11.0 Å². The van der Waals surface area contributed by atoms with Gasteiger partial charge in [0.2, 0.25) is 0 Å². The van der Waals surface area contributed by atoms with Crippen LogP contribution in [0.4, 0.5) is 5.69 Å². The molecule has 0 spiro atoms. The summed E-state index contributed by atoms with van der Waals surface area (Å²) in [4.78, 5) is 31.8. The van der Waals surface area contributed by atoms with Gasteiger partial charge in [-0.15, -0.1) is 0 Å². The van der Waals surface area contributed by atoms with E-state index < -0.39 is 4.92 Å². The van der Waals surface area contributed by atoms with Gasteiger partial charge < -0.3 is 4.98 Å². The minimum Gasteiger partial charge on any atom is -0.349 e. The predicted octanol–water partition coefficient (Wildman–Crippen LogP) is 4.67. The SMILES string of the molecule is CC[C@@H](C)Sc1nc2c([nH]c3ccccc32)c(=O)n1-c1ccc([N+](=O)[O-])cc1. The maximum absolute atomic E-state index is 13.4. The van der Waals surface area contributed by atoms with Crippen molar-refractivity contribution in [2.75, 3.05) is 0 Å². The molecule has 1 atom stereocenters. The minimum atomic E-state index is -0.458. The number of nitro benzene ring substituents is 1. The Kier molecular flexibility index (Phi) is 4.64. The average Bonchev–Trinajstić information content (AvgIpc) is 3.07. The van der Waals surface area contributed by atoms with E-state index in [-0.39, 0.29) is 16.5 Å². The van der Waals surface area contributed by atoms with E-state index in [0.29, 0.717) is 21.9 Å². The van der Waals surface area contributed by atoms with Crippen LogP contribution in [0.15, 0.2) is 58.5 Å². The molecule has 0 radical (unpaired) electrons. The van der Waals surface area contributed by atoms with Crippen molar-refractivity contribution < 1.29 is 4.92 Å². The molecule has 2 heterocycles. The molecule has 0 saturated carbocycles. The fourth-order valence-corrected chi connectivity index (χ4v) is 4.00. The van der Waals surface area contributed by atoms with E-state index in [0.717, 1.165) is 17.3 Å². The van der Waals surface area contributed by atoms with Gasteiger partial charge in [-0.1, -0.05) is 43.8 Å². The van der Waals surface area contributed by atoms with Gasteiger partial charge in [0, 0.05) is 28.3 Å². The van der Waals surface area contributed by atoms with Crippen LogP contribution >= 0.6 is 11.8 Å². The van der Waals surface area contributed by atoms with Gasteiger partial charge in [0.15, 0.2) is 5.16 Å². The summed E-state index contributed by atoms with van der Waals surface area (Å²) in [6, 6.07) is 13.6. The standard InChI is InChI=1S/C20H18N4O3S/c1-3-12(2)28-20-22-17-15-6-4-5-7-16(15)21-18(17)19(25)23(20)13-8-10-14(11-9-13)24(26)27/h4-12,21H,3H2,1-2H3/t12-/m1/s1. The molecule has 4 rings (SSSR count). The molecule has 0 aliphatic heterocycles. The maximum atomic E-state index is 13.4. The second-order valence-electron chi connectivity index (χ2n) is 6.54. The van der Waals surface area contributed by atoms with Crippen LogP contribution in [-0.4, -0.2) is 24.7 Å². The zero-order valence-corrected chi connectivity index (χ0v) is 16.2. The number of rotatable bonds is 5. The van der Waals surface area contributed by atoms with Gasteiger partial charge in [-0.25, -0.2) is 4.98 Å². The number of nitrogens with zero attached hydrogens (tertiary/aromatic N) is 3. The van der Waals surface area contributed by atoms with Gasteiger partial charge in [-0.2, -0.15) is 0 Å². The van der Waals surface area contributed by atoms with E-state index in [9.17, 15) is 14.9 Å². The topological polar surface area (TPSA) is 93.8 Å². The summed E-state index contributed by atoms with van der Waals surface area (Å²) < 4.78 is 1.53. The lowest BCUT2D eigenvalue weighted by Crippen LogP contribution is -2.22. The number of aromatic nitrogens is 3. The molecule has 0 bridgehead atoms. The quantitative estimate of drug-likeness (QED) is 0.230. The number of hydrogen-bond acceptors (Lipinski definition) is 5. The van der Waals surface area contributed by atoms with Gasteiger partial charge in [0.05, 0.1) is 10.6 Å². The highest BCUT2D eigenvalue weighted by Gasteiger charge is 2.19. The van der Waals surface area contributed by atoms with Crippen LogP contribution in [-0.2, 0) is 0 Å². The first-order chi connectivity index (χ1) is 13.5. The van der Waals surface area contributed by atoms with Crippen molar-refractivity contribution >= 4 is 39.4 Å². The molecule has 1 N–H and O–H groups in total. The van der Waals surface area contributed by atoms with Crippen molar-refractivity contribution in [1.29, 1.82) is 0 Å². The molecule has 2 aromatic carbocycles. The molecular weight excluding hydrogens is 376 g/mol. The lowest BCUT2D eigenvalue weighted by Gasteiger charge is -2.14. The van der Waals surface area contributed by atoms with Gasteiger partial charge in [-0.05, 0) is 24.6 Å². The third-order valence-electron chi connectivity index (χ3n) is 4.69. The van der Waals surface area contributed by atoms with Gasteiger partial charge in [0.25, 0.3) is 11.2 Å². The summed E-state index contributed by atoms with van der Waals surface area (Å²) in [6.07, 6.45) is 0.923. The first-order valence-electron chi connectivity index (χ1n) is 8.94. The molecule has 142 valence electrons. The zero-order chi connectivity index (χ0) is 19.8. The Morgan fingerprint density at radius 3 is 2.61 bits per heavy atom. The Morgan fingerprint density at radius 1 is 1.21 bits per heavy atom. The van der Waals surface area contributed by atoms with Crippen LogP contribution in [0.25, 0.3) is 27.6 Å². The molecule has 0 amide bonds. The number of fused-ring (bicyclic) bond motifs is 3. The van der Waals surface area contributed by atoms with E-state index in [2.05, 4.69) is 18.8 Å². The molecule has 28 heavy (non-hydrogen) atoms. The third kappa shape index (κ3) is 3.05. The van der Waals surface area contributed by atoms with E-state index >= 15 is 0 Å². The van der Waals surface area contributed by atoms with Crippen LogP contribution in [0, 0.1) is 10.1 Å². The van der Waals surface area contributed by atoms with Crippen LogP contribution in [0.2, 0.25) is 0 Å². The highest BCUT2D eigenvalue weighted by molar-refractivity contribution is 7.99. The molecule has 0 fully saturated rings. The van der Waals surface area contributed by atoms with Crippen molar-refractivity contribution in [1.82, 2.24) is 14.5 Å². The van der Waals surface area contributed by atoms with Crippen molar-refractivity contribution in [3.63, 3.8) is 0 Å².